The van der Waals surface area contributed by atoms with Gasteiger partial charge in [-0.2, -0.15) is 5.26 Å². The van der Waals surface area contributed by atoms with E-state index in [0.717, 1.165) is 19.4 Å². The summed E-state index contributed by atoms with van der Waals surface area (Å²) in [6.45, 7) is 5.06. The molecule has 1 unspecified atom stereocenters. The van der Waals surface area contributed by atoms with Crippen molar-refractivity contribution >= 4 is 0 Å². The minimum atomic E-state index is -0.0152. The van der Waals surface area contributed by atoms with Gasteiger partial charge in [0.1, 0.15) is 0 Å². The average molecular weight is 208 g/mol. The van der Waals surface area contributed by atoms with Gasteiger partial charge >= 0.3 is 0 Å². The summed E-state index contributed by atoms with van der Waals surface area (Å²) in [4.78, 5) is 0. The van der Waals surface area contributed by atoms with Crippen molar-refractivity contribution in [2.45, 2.75) is 58.4 Å². The van der Waals surface area contributed by atoms with Crippen LogP contribution in [0.5, 0.6) is 0 Å². The monoisotopic (exact) mass is 208 g/mol. The summed E-state index contributed by atoms with van der Waals surface area (Å²) in [5.74, 6) is 0. The molecule has 86 valence electrons. The lowest BCUT2D eigenvalue weighted by molar-refractivity contribution is 0.616. The van der Waals surface area contributed by atoms with Gasteiger partial charge in [0.15, 0.2) is 0 Å². The van der Waals surface area contributed by atoms with Gasteiger partial charge in [0.05, 0.1) is 12.1 Å². The van der Waals surface area contributed by atoms with Crippen LogP contribution in [0.15, 0.2) is 12.2 Å². The van der Waals surface area contributed by atoms with Crippen molar-refractivity contribution in [1.82, 2.24) is 5.32 Å². The molecule has 0 aliphatic heterocycles. The first-order chi connectivity index (χ1) is 7.31. The maximum Gasteiger partial charge on any atom is 0.0924 e. The van der Waals surface area contributed by atoms with Crippen molar-refractivity contribution in [3.63, 3.8) is 0 Å². The highest BCUT2D eigenvalue weighted by Crippen LogP contribution is 2.00. The van der Waals surface area contributed by atoms with Gasteiger partial charge < -0.3 is 5.32 Å². The summed E-state index contributed by atoms with van der Waals surface area (Å²) in [5, 5.41) is 11.7. The SMILES string of the molecule is CCCCC/C=C/CCCNC(C)C#N. The lowest BCUT2D eigenvalue weighted by Gasteiger charge is -2.03. The summed E-state index contributed by atoms with van der Waals surface area (Å²) in [6, 6.07) is 2.15. The fourth-order valence-electron chi connectivity index (χ4n) is 1.33. The minimum Gasteiger partial charge on any atom is -0.302 e. The predicted octanol–water partition coefficient (Wildman–Crippen LogP) is 3.40. The molecule has 1 N–H and O–H groups in total. The molecule has 0 rings (SSSR count). The van der Waals surface area contributed by atoms with E-state index in [1.807, 2.05) is 6.92 Å². The Bertz CT molecular complexity index is 191. The molecule has 0 amide bonds. The summed E-state index contributed by atoms with van der Waals surface area (Å²) in [6.07, 6.45) is 12.0. The molecule has 0 bridgehead atoms. The fraction of sp³-hybridized carbons (Fsp3) is 0.769. The Labute approximate surface area is 94.4 Å². The Balaban J connectivity index is 3.13. The van der Waals surface area contributed by atoms with Gasteiger partial charge in [-0.15, -0.1) is 0 Å². The molecule has 0 fully saturated rings. The Hall–Kier alpha value is -0.810. The van der Waals surface area contributed by atoms with Gasteiger partial charge in [-0.25, -0.2) is 0 Å². The molecule has 0 aliphatic rings. The number of nitrogens with zero attached hydrogens (tertiary/aromatic N) is 1. The normalized spacial score (nSPS) is 12.9. The van der Waals surface area contributed by atoms with E-state index in [-0.39, 0.29) is 6.04 Å². The van der Waals surface area contributed by atoms with Crippen molar-refractivity contribution in [1.29, 1.82) is 5.26 Å². The zero-order chi connectivity index (χ0) is 11.4. The average Bonchev–Trinajstić information content (AvgIpc) is 2.26. The van der Waals surface area contributed by atoms with E-state index in [4.69, 9.17) is 5.26 Å². The standard InChI is InChI=1S/C13H24N2/c1-3-4-5-6-7-8-9-10-11-15-13(2)12-14/h7-8,13,15H,3-6,9-11H2,1-2H3/b8-7+. The maximum atomic E-state index is 8.53. The van der Waals surface area contributed by atoms with Crippen LogP contribution >= 0.6 is 0 Å². The van der Waals surface area contributed by atoms with E-state index in [2.05, 4.69) is 30.5 Å². The minimum absolute atomic E-state index is 0.0152. The van der Waals surface area contributed by atoms with Gasteiger partial charge in [0, 0.05) is 0 Å². The highest BCUT2D eigenvalue weighted by atomic mass is 14.9. The molecular weight excluding hydrogens is 184 g/mol. The first-order valence-corrected chi connectivity index (χ1v) is 6.09. The number of nitriles is 1. The third kappa shape index (κ3) is 11.1. The maximum absolute atomic E-state index is 8.53. The summed E-state index contributed by atoms with van der Waals surface area (Å²) in [5.41, 5.74) is 0. The van der Waals surface area contributed by atoms with Crippen LogP contribution in [0.1, 0.15) is 52.4 Å². The van der Waals surface area contributed by atoms with E-state index >= 15 is 0 Å². The second-order valence-electron chi connectivity index (χ2n) is 3.91. The van der Waals surface area contributed by atoms with Crippen LogP contribution in [0.4, 0.5) is 0 Å². The number of allylic oxidation sites excluding steroid dienone is 2. The van der Waals surface area contributed by atoms with E-state index in [0.29, 0.717) is 0 Å². The smallest absolute Gasteiger partial charge is 0.0924 e. The van der Waals surface area contributed by atoms with Gasteiger partial charge in [-0.1, -0.05) is 31.9 Å². The zero-order valence-corrected chi connectivity index (χ0v) is 10.1. The lowest BCUT2D eigenvalue weighted by Crippen LogP contribution is -2.24. The number of hydrogen-bond donors (Lipinski definition) is 1. The van der Waals surface area contributed by atoms with Gasteiger partial charge in [0.2, 0.25) is 0 Å². The second-order valence-corrected chi connectivity index (χ2v) is 3.91. The number of nitrogens with one attached hydrogen (secondary N) is 1. The molecule has 2 heteroatoms. The van der Waals surface area contributed by atoms with E-state index in [9.17, 15) is 0 Å². The topological polar surface area (TPSA) is 35.8 Å². The molecule has 0 saturated heterocycles. The molecule has 0 radical (unpaired) electrons. The van der Waals surface area contributed by atoms with E-state index < -0.39 is 0 Å². The van der Waals surface area contributed by atoms with Crippen LogP contribution in [-0.2, 0) is 0 Å². The van der Waals surface area contributed by atoms with Crippen molar-refractivity contribution in [2.75, 3.05) is 6.54 Å². The Morgan fingerprint density at radius 2 is 1.87 bits per heavy atom. The molecule has 0 aromatic heterocycles. The van der Waals surface area contributed by atoms with Crippen LogP contribution in [0.3, 0.4) is 0 Å². The van der Waals surface area contributed by atoms with Crippen LogP contribution in [0.2, 0.25) is 0 Å². The Kier molecular flexibility index (Phi) is 10.7. The van der Waals surface area contributed by atoms with Crippen molar-refractivity contribution in [2.24, 2.45) is 0 Å². The molecule has 1 atom stereocenters. The fourth-order valence-corrected chi connectivity index (χ4v) is 1.33. The van der Waals surface area contributed by atoms with E-state index in [1.54, 1.807) is 0 Å². The summed E-state index contributed by atoms with van der Waals surface area (Å²) < 4.78 is 0. The molecule has 2 nitrogen and oxygen atoms in total. The number of hydrogen-bond acceptors (Lipinski definition) is 2. The largest absolute Gasteiger partial charge is 0.302 e. The highest BCUT2D eigenvalue weighted by molar-refractivity contribution is 4.86. The number of unbranched alkanes of at least 4 members (excludes halogenated alkanes) is 4. The van der Waals surface area contributed by atoms with Gasteiger partial charge in [0.25, 0.3) is 0 Å². The summed E-state index contributed by atoms with van der Waals surface area (Å²) >= 11 is 0. The third-order valence-corrected chi connectivity index (χ3v) is 2.33. The Morgan fingerprint density at radius 1 is 1.20 bits per heavy atom. The first-order valence-electron chi connectivity index (χ1n) is 6.09. The van der Waals surface area contributed by atoms with E-state index in [1.165, 1.54) is 25.7 Å². The predicted molar refractivity (Wildman–Crippen MR) is 65.6 cm³/mol. The zero-order valence-electron chi connectivity index (χ0n) is 10.1. The van der Waals surface area contributed by atoms with Crippen LogP contribution < -0.4 is 5.32 Å². The van der Waals surface area contributed by atoms with Crippen LogP contribution in [0, 0.1) is 11.3 Å². The van der Waals surface area contributed by atoms with Crippen molar-refractivity contribution < 1.29 is 0 Å². The first kappa shape index (κ1) is 14.2. The van der Waals surface area contributed by atoms with Gasteiger partial charge in [-0.3, -0.25) is 0 Å². The Morgan fingerprint density at radius 3 is 2.47 bits per heavy atom. The quantitative estimate of drug-likeness (QED) is 0.465. The molecule has 0 aromatic rings. The number of rotatable bonds is 9. The lowest BCUT2D eigenvalue weighted by atomic mass is 10.2. The van der Waals surface area contributed by atoms with Crippen molar-refractivity contribution in [3.05, 3.63) is 12.2 Å². The van der Waals surface area contributed by atoms with Crippen molar-refractivity contribution in [3.8, 4) is 6.07 Å². The molecule has 0 spiro atoms. The van der Waals surface area contributed by atoms with Crippen LogP contribution in [-0.4, -0.2) is 12.6 Å². The molecule has 0 heterocycles. The molecule has 0 aliphatic carbocycles. The molecule has 0 saturated carbocycles. The molecule has 0 aromatic carbocycles. The summed E-state index contributed by atoms with van der Waals surface area (Å²) in [7, 11) is 0. The second kappa shape index (κ2) is 11.3. The van der Waals surface area contributed by atoms with Gasteiger partial charge in [-0.05, 0) is 39.2 Å². The third-order valence-electron chi connectivity index (χ3n) is 2.33. The molecule has 15 heavy (non-hydrogen) atoms. The van der Waals surface area contributed by atoms with Crippen LogP contribution in [0.25, 0.3) is 0 Å². The molecular formula is C13H24N2. The highest BCUT2D eigenvalue weighted by Gasteiger charge is 1.94.